The molecule has 0 radical (unpaired) electrons. The third kappa shape index (κ3) is 5.40. The van der Waals surface area contributed by atoms with Crippen molar-refractivity contribution < 1.29 is 26.0 Å². The Morgan fingerprint density at radius 2 is 1.79 bits per heavy atom. The number of halogens is 4. The molecule has 0 unspecified atom stereocenters. The molecule has 4 aromatic rings. The predicted octanol–water partition coefficient (Wildman–Crippen LogP) is 2.46. The number of anilines is 2. The third-order valence-electron chi connectivity index (χ3n) is 6.13. The molecule has 17 heteroatoms. The number of aryl methyl sites for hydroxylation is 1. The predicted molar refractivity (Wildman–Crippen MR) is 130 cm³/mol. The molecule has 5 rings (SSSR count). The minimum absolute atomic E-state index is 0.0185. The van der Waals surface area contributed by atoms with Gasteiger partial charge in [0.05, 0.1) is 18.2 Å². The normalized spacial score (nSPS) is 15.5. The van der Waals surface area contributed by atoms with Crippen LogP contribution in [0.3, 0.4) is 0 Å². The second-order valence-corrected chi connectivity index (χ2v) is 10.8. The highest BCUT2D eigenvalue weighted by molar-refractivity contribution is 7.89. The first-order valence-corrected chi connectivity index (χ1v) is 13.0. The lowest BCUT2D eigenvalue weighted by Crippen LogP contribution is -2.42. The number of imidazole rings is 2. The zero-order chi connectivity index (χ0) is 27.9. The summed E-state index contributed by atoms with van der Waals surface area (Å²) >= 11 is 0. The number of nitrogens with two attached hydrogens (primary N) is 1. The smallest absolute Gasteiger partial charge is 0.384 e. The SMILES string of the molecule is Cn1cnc(S(=O)(=O)N2CCC(Nc3ncc(C(F)(F)F)c(-c4cn(-c5cc(N)ncc5F)cn4)n3)CC2)c1. The Morgan fingerprint density at radius 3 is 2.46 bits per heavy atom. The van der Waals surface area contributed by atoms with Crippen LogP contribution in [0.2, 0.25) is 0 Å². The standard InChI is InChI=1S/C22H22F4N10O2S/c1-34-10-19(31-11-34)39(37,38)36-4-2-13(3-5-36)32-21-29-7-14(22(24,25)26)20(33-21)16-9-35(12-30-16)17-6-18(27)28-8-15(17)23/h6-13H,2-5H2,1H3,(H2,27,28)(H,29,32,33). The summed E-state index contributed by atoms with van der Waals surface area (Å²) < 4.78 is 85.2. The maximum absolute atomic E-state index is 14.2. The van der Waals surface area contributed by atoms with Crippen molar-refractivity contribution in [2.24, 2.45) is 7.05 Å². The molecular formula is C22H22F4N10O2S. The van der Waals surface area contributed by atoms with Crippen molar-refractivity contribution in [3.63, 3.8) is 0 Å². The number of hydrogen-bond acceptors (Lipinski definition) is 9. The second kappa shape index (κ2) is 9.88. The van der Waals surface area contributed by atoms with E-state index in [1.807, 2.05) is 0 Å². The maximum atomic E-state index is 14.2. The summed E-state index contributed by atoms with van der Waals surface area (Å²) in [4.78, 5) is 19.4. The number of hydrogen-bond donors (Lipinski definition) is 2. The number of rotatable bonds is 6. The van der Waals surface area contributed by atoms with Gasteiger partial charge < -0.3 is 20.2 Å². The second-order valence-electron chi connectivity index (χ2n) is 8.88. The van der Waals surface area contributed by atoms with Crippen molar-refractivity contribution >= 4 is 21.8 Å². The summed E-state index contributed by atoms with van der Waals surface area (Å²) in [7, 11) is -2.10. The van der Waals surface area contributed by atoms with Crippen LogP contribution in [-0.4, -0.2) is 65.9 Å². The van der Waals surface area contributed by atoms with E-state index in [0.29, 0.717) is 19.0 Å². The molecule has 1 saturated heterocycles. The fourth-order valence-electron chi connectivity index (χ4n) is 4.15. The Kier molecular flexibility index (Phi) is 6.71. The van der Waals surface area contributed by atoms with Gasteiger partial charge in [-0.2, -0.15) is 17.5 Å². The molecule has 1 aliphatic rings. The van der Waals surface area contributed by atoms with Gasteiger partial charge in [0.15, 0.2) is 10.8 Å². The van der Waals surface area contributed by atoms with Crippen LogP contribution in [0, 0.1) is 5.82 Å². The van der Waals surface area contributed by atoms with Crippen molar-refractivity contribution in [1.82, 2.24) is 38.4 Å². The first-order valence-electron chi connectivity index (χ1n) is 11.6. The molecule has 1 aliphatic heterocycles. The number of nitrogens with one attached hydrogen (secondary N) is 1. The first kappa shape index (κ1) is 26.5. The summed E-state index contributed by atoms with van der Waals surface area (Å²) in [5.74, 6) is -0.811. The molecule has 0 aromatic carbocycles. The van der Waals surface area contributed by atoms with Crippen molar-refractivity contribution in [2.45, 2.75) is 30.1 Å². The van der Waals surface area contributed by atoms with Crippen LogP contribution in [0.5, 0.6) is 0 Å². The monoisotopic (exact) mass is 566 g/mol. The van der Waals surface area contributed by atoms with Gasteiger partial charge in [0.1, 0.15) is 29.1 Å². The summed E-state index contributed by atoms with van der Waals surface area (Å²) in [6.45, 7) is 0.351. The topological polar surface area (TPSA) is 150 Å². The molecule has 4 aromatic heterocycles. The van der Waals surface area contributed by atoms with E-state index >= 15 is 0 Å². The van der Waals surface area contributed by atoms with Gasteiger partial charge in [-0.3, -0.25) is 0 Å². The molecule has 0 atom stereocenters. The largest absolute Gasteiger partial charge is 0.420 e. The van der Waals surface area contributed by atoms with Gasteiger partial charge in [-0.1, -0.05) is 0 Å². The van der Waals surface area contributed by atoms with E-state index in [1.54, 1.807) is 7.05 Å². The molecule has 0 spiro atoms. The zero-order valence-electron chi connectivity index (χ0n) is 20.3. The minimum Gasteiger partial charge on any atom is -0.384 e. The fraction of sp³-hybridized carbons (Fsp3) is 0.318. The molecular weight excluding hydrogens is 544 g/mol. The number of nitrogens with zero attached hydrogens (tertiary/aromatic N) is 8. The molecule has 12 nitrogen and oxygen atoms in total. The Hall–Kier alpha value is -4.12. The number of pyridine rings is 1. The average Bonchev–Trinajstić information content (AvgIpc) is 3.55. The van der Waals surface area contributed by atoms with Gasteiger partial charge in [-0.25, -0.2) is 37.7 Å². The molecule has 1 fully saturated rings. The lowest BCUT2D eigenvalue weighted by atomic mass is 10.1. The van der Waals surface area contributed by atoms with E-state index in [-0.39, 0.29) is 47.3 Å². The van der Waals surface area contributed by atoms with Gasteiger partial charge in [-0.15, -0.1) is 0 Å². The van der Waals surface area contributed by atoms with Crippen LogP contribution in [0.25, 0.3) is 17.1 Å². The zero-order valence-corrected chi connectivity index (χ0v) is 21.2. The van der Waals surface area contributed by atoms with Gasteiger partial charge in [0.2, 0.25) is 5.95 Å². The van der Waals surface area contributed by atoms with E-state index in [2.05, 4.69) is 30.2 Å². The van der Waals surface area contributed by atoms with E-state index in [4.69, 9.17) is 5.73 Å². The Balaban J connectivity index is 1.36. The lowest BCUT2D eigenvalue weighted by Gasteiger charge is -2.31. The maximum Gasteiger partial charge on any atom is 0.420 e. The molecule has 0 bridgehead atoms. The summed E-state index contributed by atoms with van der Waals surface area (Å²) in [5, 5.41) is 2.94. The van der Waals surface area contributed by atoms with Crippen molar-refractivity contribution in [3.05, 3.63) is 54.9 Å². The minimum atomic E-state index is -4.78. The number of sulfonamides is 1. The summed E-state index contributed by atoms with van der Waals surface area (Å²) in [5.41, 5.74) is 3.77. The highest BCUT2D eigenvalue weighted by atomic mass is 32.2. The first-order chi connectivity index (χ1) is 18.4. The number of nitrogen functional groups attached to an aromatic ring is 1. The lowest BCUT2D eigenvalue weighted by molar-refractivity contribution is -0.137. The van der Waals surface area contributed by atoms with Crippen LogP contribution in [0.4, 0.5) is 29.3 Å². The van der Waals surface area contributed by atoms with Gasteiger partial charge in [0, 0.05) is 50.8 Å². The fourth-order valence-corrected chi connectivity index (χ4v) is 5.59. The highest BCUT2D eigenvalue weighted by Gasteiger charge is 2.37. The highest BCUT2D eigenvalue weighted by Crippen LogP contribution is 2.36. The van der Waals surface area contributed by atoms with Crippen LogP contribution >= 0.6 is 0 Å². The molecule has 0 saturated carbocycles. The molecule has 0 aliphatic carbocycles. The molecule has 39 heavy (non-hydrogen) atoms. The Bertz CT molecular complexity index is 1610. The quantitative estimate of drug-likeness (QED) is 0.336. The van der Waals surface area contributed by atoms with Crippen molar-refractivity contribution in [1.29, 1.82) is 0 Å². The van der Waals surface area contributed by atoms with Gasteiger partial charge in [-0.05, 0) is 12.8 Å². The Labute approximate surface area is 219 Å². The Morgan fingerprint density at radius 1 is 1.05 bits per heavy atom. The molecule has 0 amide bonds. The molecule has 3 N–H and O–H groups in total. The number of aromatic nitrogens is 7. The average molecular weight is 567 g/mol. The summed E-state index contributed by atoms with van der Waals surface area (Å²) in [6.07, 6.45) is 2.63. The van der Waals surface area contributed by atoms with Gasteiger partial charge >= 0.3 is 6.18 Å². The van der Waals surface area contributed by atoms with Crippen LogP contribution < -0.4 is 11.1 Å². The third-order valence-corrected chi connectivity index (χ3v) is 7.91. The van der Waals surface area contributed by atoms with E-state index in [1.165, 1.54) is 38.2 Å². The van der Waals surface area contributed by atoms with E-state index < -0.39 is 33.3 Å². The number of alkyl halides is 3. The summed E-state index contributed by atoms with van der Waals surface area (Å²) in [6, 6.07) is 0.926. The van der Waals surface area contributed by atoms with E-state index in [9.17, 15) is 26.0 Å². The van der Waals surface area contributed by atoms with E-state index in [0.717, 1.165) is 12.5 Å². The van der Waals surface area contributed by atoms with Crippen LogP contribution in [0.15, 0.2) is 48.5 Å². The van der Waals surface area contributed by atoms with Crippen LogP contribution in [0.1, 0.15) is 18.4 Å². The number of piperidine rings is 1. The van der Waals surface area contributed by atoms with Gasteiger partial charge in [0.25, 0.3) is 10.0 Å². The molecule has 206 valence electrons. The van der Waals surface area contributed by atoms with Crippen LogP contribution in [-0.2, 0) is 23.2 Å². The van der Waals surface area contributed by atoms with Crippen molar-refractivity contribution in [2.75, 3.05) is 24.1 Å². The van der Waals surface area contributed by atoms with Crippen molar-refractivity contribution in [3.8, 4) is 17.1 Å². The molecule has 5 heterocycles.